The maximum atomic E-state index is 11.7. The number of nitrogens with two attached hydrogens (primary N) is 1. The van der Waals surface area contributed by atoms with Crippen molar-refractivity contribution >= 4 is 5.91 Å². The second-order valence-corrected chi connectivity index (χ2v) is 3.14. The monoisotopic (exact) mass is 190 g/mol. The summed E-state index contributed by atoms with van der Waals surface area (Å²) < 4.78 is 16.9. The number of halogens is 1. The number of alkyl halides is 1. The van der Waals surface area contributed by atoms with Gasteiger partial charge in [0.1, 0.15) is 12.8 Å². The molecule has 13 heavy (non-hydrogen) atoms. The Morgan fingerprint density at radius 2 is 2.38 bits per heavy atom. The summed E-state index contributed by atoms with van der Waals surface area (Å²) in [6.07, 6.45) is 0.971. The minimum atomic E-state index is -0.544. The summed E-state index contributed by atoms with van der Waals surface area (Å²) in [7, 11) is 0. The van der Waals surface area contributed by atoms with E-state index in [1.807, 2.05) is 0 Å². The maximum Gasteiger partial charge on any atom is 0.249 e. The zero-order chi connectivity index (χ0) is 9.68. The van der Waals surface area contributed by atoms with E-state index in [9.17, 15) is 9.18 Å². The highest BCUT2D eigenvalue weighted by Crippen LogP contribution is 2.11. The number of amides is 1. The fourth-order valence-electron chi connectivity index (χ4n) is 1.26. The predicted octanol–water partition coefficient (Wildman–Crippen LogP) is -0.422. The van der Waals surface area contributed by atoms with Crippen LogP contribution < -0.4 is 11.1 Å². The van der Waals surface area contributed by atoms with Crippen LogP contribution in [0, 0.1) is 0 Å². The summed E-state index contributed by atoms with van der Waals surface area (Å²) in [6, 6.07) is 0.0326. The van der Waals surface area contributed by atoms with Gasteiger partial charge in [-0.1, -0.05) is 0 Å². The molecule has 0 aromatic rings. The molecule has 3 N–H and O–H groups in total. The standard InChI is InChI=1S/C8H15FN2O2/c9-3-4-11-8(12)7-2-1-6(10)5-13-7/h6-7H,1-5,10H2,(H,11,12)/t6-,7?/m1/s1. The fraction of sp³-hybridized carbons (Fsp3) is 0.875. The van der Waals surface area contributed by atoms with E-state index in [2.05, 4.69) is 5.32 Å². The van der Waals surface area contributed by atoms with Crippen molar-refractivity contribution in [2.24, 2.45) is 5.73 Å². The third-order valence-corrected chi connectivity index (χ3v) is 2.00. The molecule has 0 saturated carbocycles. The average molecular weight is 190 g/mol. The van der Waals surface area contributed by atoms with Gasteiger partial charge in [-0.2, -0.15) is 0 Å². The molecule has 0 spiro atoms. The minimum absolute atomic E-state index is 0.0326. The Hall–Kier alpha value is -0.680. The molecule has 2 atom stereocenters. The van der Waals surface area contributed by atoms with Crippen LogP contribution in [-0.2, 0) is 9.53 Å². The van der Waals surface area contributed by atoms with E-state index in [0.717, 1.165) is 6.42 Å². The molecule has 0 aromatic heterocycles. The molecule has 76 valence electrons. The van der Waals surface area contributed by atoms with Crippen molar-refractivity contribution in [2.45, 2.75) is 25.0 Å². The van der Waals surface area contributed by atoms with Gasteiger partial charge in [0.05, 0.1) is 6.61 Å². The lowest BCUT2D eigenvalue weighted by atomic mass is 10.1. The van der Waals surface area contributed by atoms with Gasteiger partial charge in [0, 0.05) is 12.6 Å². The van der Waals surface area contributed by atoms with Gasteiger partial charge in [-0.15, -0.1) is 0 Å². The van der Waals surface area contributed by atoms with E-state index in [1.54, 1.807) is 0 Å². The van der Waals surface area contributed by atoms with Crippen molar-refractivity contribution in [3.8, 4) is 0 Å². The van der Waals surface area contributed by atoms with Crippen molar-refractivity contribution in [3.63, 3.8) is 0 Å². The molecular formula is C8H15FN2O2. The highest BCUT2D eigenvalue weighted by molar-refractivity contribution is 5.80. The van der Waals surface area contributed by atoms with Crippen molar-refractivity contribution < 1.29 is 13.9 Å². The molecule has 5 heteroatoms. The largest absolute Gasteiger partial charge is 0.367 e. The van der Waals surface area contributed by atoms with Crippen LogP contribution in [0.15, 0.2) is 0 Å². The molecule has 1 saturated heterocycles. The maximum absolute atomic E-state index is 11.7. The zero-order valence-electron chi connectivity index (χ0n) is 7.46. The lowest BCUT2D eigenvalue weighted by molar-refractivity contribution is -0.136. The number of rotatable bonds is 3. The predicted molar refractivity (Wildman–Crippen MR) is 45.9 cm³/mol. The molecule has 1 aliphatic rings. The van der Waals surface area contributed by atoms with Gasteiger partial charge in [0.15, 0.2) is 0 Å². The molecular weight excluding hydrogens is 175 g/mol. The minimum Gasteiger partial charge on any atom is -0.367 e. The summed E-state index contributed by atoms with van der Waals surface area (Å²) in [5.41, 5.74) is 5.58. The van der Waals surface area contributed by atoms with Gasteiger partial charge in [-0.3, -0.25) is 4.79 Å². The van der Waals surface area contributed by atoms with E-state index in [-0.39, 0.29) is 18.5 Å². The Morgan fingerprint density at radius 3 is 2.92 bits per heavy atom. The van der Waals surface area contributed by atoms with E-state index in [4.69, 9.17) is 10.5 Å². The number of nitrogens with one attached hydrogen (secondary N) is 1. The van der Waals surface area contributed by atoms with Crippen LogP contribution in [0.25, 0.3) is 0 Å². The molecule has 0 bridgehead atoms. The lowest BCUT2D eigenvalue weighted by Gasteiger charge is -2.25. The van der Waals surface area contributed by atoms with Gasteiger partial charge < -0.3 is 15.8 Å². The van der Waals surface area contributed by atoms with E-state index >= 15 is 0 Å². The molecule has 1 heterocycles. The number of hydrogen-bond donors (Lipinski definition) is 2. The number of hydrogen-bond acceptors (Lipinski definition) is 3. The Kier molecular flexibility index (Phi) is 4.11. The van der Waals surface area contributed by atoms with Crippen LogP contribution in [0.4, 0.5) is 4.39 Å². The average Bonchev–Trinajstić information content (AvgIpc) is 2.15. The molecule has 0 aliphatic carbocycles. The number of ether oxygens (including phenoxy) is 1. The SMILES string of the molecule is N[C@@H]1CCC(C(=O)NCCF)OC1. The Balaban J connectivity index is 2.23. The van der Waals surface area contributed by atoms with Gasteiger partial charge in [0.25, 0.3) is 0 Å². The normalized spacial score (nSPS) is 28.5. The van der Waals surface area contributed by atoms with Crippen LogP contribution in [0.3, 0.4) is 0 Å². The van der Waals surface area contributed by atoms with Crippen LogP contribution in [-0.4, -0.2) is 37.9 Å². The Morgan fingerprint density at radius 1 is 1.62 bits per heavy atom. The fourth-order valence-corrected chi connectivity index (χ4v) is 1.26. The van der Waals surface area contributed by atoms with Crippen molar-refractivity contribution in [3.05, 3.63) is 0 Å². The first-order valence-electron chi connectivity index (χ1n) is 4.45. The first kappa shape index (κ1) is 10.4. The van der Waals surface area contributed by atoms with Gasteiger partial charge >= 0.3 is 0 Å². The van der Waals surface area contributed by atoms with E-state index in [0.29, 0.717) is 13.0 Å². The van der Waals surface area contributed by atoms with Crippen LogP contribution in [0.5, 0.6) is 0 Å². The van der Waals surface area contributed by atoms with Crippen LogP contribution in [0.1, 0.15) is 12.8 Å². The van der Waals surface area contributed by atoms with E-state index in [1.165, 1.54) is 0 Å². The summed E-state index contributed by atoms with van der Waals surface area (Å²) in [5, 5.41) is 2.44. The van der Waals surface area contributed by atoms with Crippen LogP contribution >= 0.6 is 0 Å². The summed E-state index contributed by atoms with van der Waals surface area (Å²) >= 11 is 0. The first-order chi connectivity index (χ1) is 6.24. The number of carbonyl (C=O) groups is 1. The molecule has 0 aromatic carbocycles. The van der Waals surface area contributed by atoms with Crippen molar-refractivity contribution in [1.82, 2.24) is 5.32 Å². The highest BCUT2D eigenvalue weighted by atomic mass is 19.1. The quantitative estimate of drug-likeness (QED) is 0.635. The van der Waals surface area contributed by atoms with Gasteiger partial charge in [-0.25, -0.2) is 4.39 Å². The molecule has 4 nitrogen and oxygen atoms in total. The second-order valence-electron chi connectivity index (χ2n) is 3.14. The molecule has 1 aliphatic heterocycles. The van der Waals surface area contributed by atoms with E-state index < -0.39 is 12.8 Å². The van der Waals surface area contributed by atoms with Crippen molar-refractivity contribution in [1.29, 1.82) is 0 Å². The number of carbonyl (C=O) groups excluding carboxylic acids is 1. The first-order valence-corrected chi connectivity index (χ1v) is 4.45. The molecule has 0 radical (unpaired) electrons. The molecule has 1 fully saturated rings. The summed E-state index contributed by atoms with van der Waals surface area (Å²) in [5.74, 6) is -0.232. The Bertz CT molecular complexity index is 170. The smallest absolute Gasteiger partial charge is 0.249 e. The summed E-state index contributed by atoms with van der Waals surface area (Å²) in [4.78, 5) is 11.2. The van der Waals surface area contributed by atoms with Crippen molar-refractivity contribution in [2.75, 3.05) is 19.8 Å². The third kappa shape index (κ3) is 3.28. The highest BCUT2D eigenvalue weighted by Gasteiger charge is 2.24. The van der Waals surface area contributed by atoms with Gasteiger partial charge in [-0.05, 0) is 12.8 Å². The second kappa shape index (κ2) is 5.14. The van der Waals surface area contributed by atoms with Gasteiger partial charge in [0.2, 0.25) is 5.91 Å². The molecule has 1 unspecified atom stereocenters. The van der Waals surface area contributed by atoms with Crippen LogP contribution in [0.2, 0.25) is 0 Å². The zero-order valence-corrected chi connectivity index (χ0v) is 7.46. The topological polar surface area (TPSA) is 64.4 Å². The third-order valence-electron chi connectivity index (χ3n) is 2.00. The molecule has 1 amide bonds. The molecule has 1 rings (SSSR count). The summed E-state index contributed by atoms with van der Waals surface area (Å²) in [6.45, 7) is -0.0730. The lowest BCUT2D eigenvalue weighted by Crippen LogP contribution is -2.44. The Labute approximate surface area is 76.6 Å².